The molecule has 25 heavy (non-hydrogen) atoms. The summed E-state index contributed by atoms with van der Waals surface area (Å²) < 4.78 is 17.2. The summed E-state index contributed by atoms with van der Waals surface area (Å²) in [6, 6.07) is 10.4. The van der Waals surface area contributed by atoms with Crippen molar-refractivity contribution in [3.8, 4) is 0 Å². The monoisotopic (exact) mass is 347 g/mol. The molecule has 3 atom stereocenters. The number of hydrogen-bond donors (Lipinski definition) is 1. The van der Waals surface area contributed by atoms with Gasteiger partial charge in [0.2, 0.25) is 0 Å². The maximum atomic E-state index is 12.6. The van der Waals surface area contributed by atoms with Gasteiger partial charge in [-0.25, -0.2) is 0 Å². The third-order valence-corrected chi connectivity index (χ3v) is 5.45. The smallest absolute Gasteiger partial charge is 0.310 e. The average molecular weight is 347 g/mol. The highest BCUT2D eigenvalue weighted by Gasteiger charge is 2.54. The summed E-state index contributed by atoms with van der Waals surface area (Å²) in [4.78, 5) is 12.6. The van der Waals surface area contributed by atoms with E-state index in [1.807, 2.05) is 25.1 Å². The van der Waals surface area contributed by atoms with Crippen molar-refractivity contribution < 1.29 is 19.0 Å². The Hall–Kier alpha value is -1.43. The van der Waals surface area contributed by atoms with Gasteiger partial charge in [0.05, 0.1) is 25.7 Å². The molecule has 1 N–H and O–H groups in total. The van der Waals surface area contributed by atoms with Crippen molar-refractivity contribution in [2.45, 2.75) is 57.4 Å². The molecule has 3 rings (SSSR count). The van der Waals surface area contributed by atoms with Crippen LogP contribution in [0, 0.1) is 5.92 Å². The van der Waals surface area contributed by atoms with Crippen LogP contribution in [0.5, 0.6) is 0 Å². The van der Waals surface area contributed by atoms with E-state index in [9.17, 15) is 4.79 Å². The molecule has 0 amide bonds. The maximum Gasteiger partial charge on any atom is 0.310 e. The first-order valence-corrected chi connectivity index (χ1v) is 9.25. The molecule has 5 heteroatoms. The predicted octanol–water partition coefficient (Wildman–Crippen LogP) is 3.20. The van der Waals surface area contributed by atoms with Gasteiger partial charge in [0.1, 0.15) is 0 Å². The first-order valence-electron chi connectivity index (χ1n) is 9.25. The molecule has 138 valence electrons. The van der Waals surface area contributed by atoms with Gasteiger partial charge in [0, 0.05) is 24.4 Å². The van der Waals surface area contributed by atoms with Crippen LogP contribution in [0.3, 0.4) is 0 Å². The molecule has 1 aromatic carbocycles. The molecule has 1 aliphatic heterocycles. The summed E-state index contributed by atoms with van der Waals surface area (Å²) in [5, 5.41) is 3.69. The van der Waals surface area contributed by atoms with Crippen molar-refractivity contribution in [3.63, 3.8) is 0 Å². The number of hydrogen-bond acceptors (Lipinski definition) is 5. The second-order valence-corrected chi connectivity index (χ2v) is 7.32. The minimum Gasteiger partial charge on any atom is -0.466 e. The Morgan fingerprint density at radius 2 is 2.00 bits per heavy atom. The summed E-state index contributed by atoms with van der Waals surface area (Å²) in [5.74, 6) is -0.913. The van der Waals surface area contributed by atoms with Gasteiger partial charge in [0.15, 0.2) is 5.79 Å². The van der Waals surface area contributed by atoms with Crippen molar-refractivity contribution in [3.05, 3.63) is 35.9 Å². The molecule has 0 radical (unpaired) electrons. The third-order valence-electron chi connectivity index (χ3n) is 5.45. The first-order chi connectivity index (χ1) is 12.0. The molecule has 0 aromatic heterocycles. The summed E-state index contributed by atoms with van der Waals surface area (Å²) in [7, 11) is 0. The number of esters is 1. The molecular weight excluding hydrogens is 318 g/mol. The van der Waals surface area contributed by atoms with Crippen molar-refractivity contribution in [1.82, 2.24) is 5.32 Å². The number of ether oxygens (including phenoxy) is 3. The van der Waals surface area contributed by atoms with E-state index in [2.05, 4.69) is 31.3 Å². The summed E-state index contributed by atoms with van der Waals surface area (Å²) in [6.07, 6.45) is 2.07. The molecule has 1 heterocycles. The van der Waals surface area contributed by atoms with Gasteiger partial charge < -0.3 is 19.5 Å². The fourth-order valence-electron chi connectivity index (χ4n) is 4.29. The van der Waals surface area contributed by atoms with Crippen LogP contribution < -0.4 is 5.32 Å². The van der Waals surface area contributed by atoms with E-state index in [0.717, 1.165) is 6.42 Å². The van der Waals surface area contributed by atoms with Crippen LogP contribution in [0.2, 0.25) is 0 Å². The van der Waals surface area contributed by atoms with E-state index in [1.54, 1.807) is 0 Å². The highest BCUT2D eigenvalue weighted by molar-refractivity contribution is 5.74. The second-order valence-electron chi connectivity index (χ2n) is 7.32. The molecule has 2 fully saturated rings. The molecule has 1 aromatic rings. The lowest BCUT2D eigenvalue weighted by Gasteiger charge is -2.48. The lowest BCUT2D eigenvalue weighted by atomic mass is 9.70. The number of nitrogens with one attached hydrogen (secondary N) is 1. The predicted molar refractivity (Wildman–Crippen MR) is 95.0 cm³/mol. The van der Waals surface area contributed by atoms with E-state index in [1.165, 1.54) is 5.56 Å². The van der Waals surface area contributed by atoms with Gasteiger partial charge in [0.25, 0.3) is 0 Å². The van der Waals surface area contributed by atoms with E-state index in [-0.39, 0.29) is 17.9 Å². The molecule has 5 nitrogen and oxygen atoms in total. The molecule has 1 aliphatic carbocycles. The fourth-order valence-corrected chi connectivity index (χ4v) is 4.29. The van der Waals surface area contributed by atoms with Gasteiger partial charge in [-0.2, -0.15) is 0 Å². The number of carbonyl (C=O) groups excluding carboxylic acids is 1. The summed E-state index contributed by atoms with van der Waals surface area (Å²) in [5.41, 5.74) is 0.739. The molecule has 1 saturated carbocycles. The maximum absolute atomic E-state index is 12.6. The molecule has 1 spiro atoms. The minimum atomic E-state index is -0.568. The Morgan fingerprint density at radius 1 is 1.32 bits per heavy atom. The molecular formula is C20H29NO4. The molecule has 2 unspecified atom stereocenters. The van der Waals surface area contributed by atoms with Crippen LogP contribution >= 0.6 is 0 Å². The number of rotatable bonds is 5. The third kappa shape index (κ3) is 3.89. The Bertz CT molecular complexity index is 585. The van der Waals surface area contributed by atoms with Gasteiger partial charge in [-0.3, -0.25) is 4.79 Å². The van der Waals surface area contributed by atoms with Crippen LogP contribution in [0.4, 0.5) is 0 Å². The van der Waals surface area contributed by atoms with Gasteiger partial charge >= 0.3 is 5.97 Å². The standard InChI is InChI=1S/C20H29NO4/c1-4-23-18(22)17-10-11-20(24-12-13-25-20)14-19(17,3)21-15(2)16-8-6-5-7-9-16/h5-9,15,17,21H,4,10-14H2,1-3H3/t15-,17?,19?/m1/s1. The summed E-state index contributed by atoms with van der Waals surface area (Å²) in [6.45, 7) is 7.71. The van der Waals surface area contributed by atoms with Crippen molar-refractivity contribution in [2.75, 3.05) is 19.8 Å². The Kier molecular flexibility index (Phi) is 5.46. The average Bonchev–Trinajstić information content (AvgIpc) is 3.03. The Balaban J connectivity index is 1.83. The Morgan fingerprint density at radius 3 is 2.64 bits per heavy atom. The van der Waals surface area contributed by atoms with Gasteiger partial charge in [-0.1, -0.05) is 30.3 Å². The molecule has 0 bridgehead atoms. The normalized spacial score (nSPS) is 29.5. The first kappa shape index (κ1) is 18.4. The fraction of sp³-hybridized carbons (Fsp3) is 0.650. The topological polar surface area (TPSA) is 56.8 Å². The van der Waals surface area contributed by atoms with Crippen molar-refractivity contribution in [1.29, 1.82) is 0 Å². The second kappa shape index (κ2) is 7.44. The summed E-state index contributed by atoms with van der Waals surface area (Å²) >= 11 is 0. The van der Waals surface area contributed by atoms with Crippen molar-refractivity contribution >= 4 is 5.97 Å². The number of benzene rings is 1. The largest absolute Gasteiger partial charge is 0.466 e. The van der Waals surface area contributed by atoms with Crippen molar-refractivity contribution in [2.24, 2.45) is 5.92 Å². The van der Waals surface area contributed by atoms with Crippen LogP contribution in [-0.2, 0) is 19.0 Å². The lowest BCUT2D eigenvalue weighted by molar-refractivity contribution is -0.206. The zero-order valence-corrected chi connectivity index (χ0v) is 15.4. The highest BCUT2D eigenvalue weighted by Crippen LogP contribution is 2.45. The van der Waals surface area contributed by atoms with E-state index in [0.29, 0.717) is 32.7 Å². The van der Waals surface area contributed by atoms with Crippen LogP contribution in [0.1, 0.15) is 51.6 Å². The Labute approximate surface area is 150 Å². The number of carbonyl (C=O) groups is 1. The zero-order valence-electron chi connectivity index (χ0n) is 15.4. The van der Waals surface area contributed by atoms with Gasteiger partial charge in [-0.15, -0.1) is 0 Å². The van der Waals surface area contributed by atoms with E-state index in [4.69, 9.17) is 14.2 Å². The zero-order chi connectivity index (χ0) is 17.9. The van der Waals surface area contributed by atoms with Crippen LogP contribution in [0.15, 0.2) is 30.3 Å². The quantitative estimate of drug-likeness (QED) is 0.829. The molecule has 1 saturated heterocycles. The minimum absolute atomic E-state index is 0.111. The van der Waals surface area contributed by atoms with Crippen LogP contribution in [-0.4, -0.2) is 37.1 Å². The lowest BCUT2D eigenvalue weighted by Crippen LogP contribution is -2.60. The highest BCUT2D eigenvalue weighted by atomic mass is 16.7. The molecule has 2 aliphatic rings. The van der Waals surface area contributed by atoms with E-state index >= 15 is 0 Å². The SMILES string of the molecule is CCOC(=O)C1CCC2(CC1(C)N[C@H](C)c1ccccc1)OCCO2. The van der Waals surface area contributed by atoms with E-state index < -0.39 is 11.3 Å². The van der Waals surface area contributed by atoms with Gasteiger partial charge in [-0.05, 0) is 32.8 Å². The van der Waals surface area contributed by atoms with Crippen LogP contribution in [0.25, 0.3) is 0 Å².